The molecule has 42 heavy (non-hydrogen) atoms. The summed E-state index contributed by atoms with van der Waals surface area (Å²) >= 11 is 0. The molecule has 0 bridgehead atoms. The Kier molecular flexibility index (Phi) is 8.73. The Morgan fingerprint density at radius 1 is 0.929 bits per heavy atom. The van der Waals surface area contributed by atoms with Crippen LogP contribution in [0, 0.1) is 13.8 Å². The predicted molar refractivity (Wildman–Crippen MR) is 165 cm³/mol. The number of amides is 1. The average molecular weight is 569 g/mol. The number of methoxy groups -OCH3 is 2. The highest BCUT2D eigenvalue weighted by Gasteiger charge is 2.26. The Bertz CT molecular complexity index is 1520. The highest BCUT2D eigenvalue weighted by Crippen LogP contribution is 2.39. The molecule has 1 saturated heterocycles. The zero-order valence-corrected chi connectivity index (χ0v) is 24.6. The van der Waals surface area contributed by atoms with E-state index in [0.29, 0.717) is 28.7 Å². The van der Waals surface area contributed by atoms with E-state index in [1.54, 1.807) is 38.6 Å². The maximum Gasteiger partial charge on any atom is 0.425 e. The summed E-state index contributed by atoms with van der Waals surface area (Å²) < 4.78 is 17.3. The van der Waals surface area contributed by atoms with Crippen LogP contribution in [0.4, 0.5) is 33.4 Å². The van der Waals surface area contributed by atoms with Crippen molar-refractivity contribution >= 4 is 34.7 Å². The molecule has 0 atom stereocenters. The van der Waals surface area contributed by atoms with E-state index in [0.717, 1.165) is 54.4 Å². The number of rotatable bonds is 8. The van der Waals surface area contributed by atoms with Crippen molar-refractivity contribution in [2.75, 3.05) is 62.6 Å². The normalized spacial score (nSPS) is 13.4. The van der Waals surface area contributed by atoms with Crippen LogP contribution in [-0.2, 0) is 0 Å². The molecule has 0 radical (unpaired) electrons. The first-order valence-corrected chi connectivity index (χ1v) is 13.8. The van der Waals surface area contributed by atoms with Crippen molar-refractivity contribution in [3.8, 4) is 17.2 Å². The molecule has 0 saturated carbocycles. The van der Waals surface area contributed by atoms with Gasteiger partial charge in [-0.05, 0) is 62.4 Å². The molecule has 10 heteroatoms. The Morgan fingerprint density at radius 3 is 2.36 bits per heavy atom. The quantitative estimate of drug-likeness (QED) is 0.277. The topological polar surface area (TPSA) is 92.3 Å². The second-order valence-electron chi connectivity index (χ2n) is 10.2. The zero-order chi connectivity index (χ0) is 29.6. The lowest BCUT2D eigenvalue weighted by Crippen LogP contribution is -2.44. The first-order chi connectivity index (χ1) is 20.4. The standard InChI is InChI=1S/C32H36N6O4/c1-22-7-6-8-23(2)31(22)42-32(39)38(30-13-14-33-21-34-30)27-12-10-25(40-4)20-26(27)35-24-9-11-28(29(19-24)41-5)37-17-15-36(3)16-18-37/h6-14,19-21,35H,15-18H2,1-5H3. The fourth-order valence-corrected chi connectivity index (χ4v) is 4.98. The van der Waals surface area contributed by atoms with Gasteiger partial charge in [0.05, 0.1) is 31.3 Å². The molecule has 3 aromatic carbocycles. The van der Waals surface area contributed by atoms with Gasteiger partial charge in [0.1, 0.15) is 29.4 Å². The van der Waals surface area contributed by atoms with E-state index < -0.39 is 6.09 Å². The van der Waals surface area contributed by atoms with Crippen molar-refractivity contribution in [3.63, 3.8) is 0 Å². The number of hydrogen-bond donors (Lipinski definition) is 1. The molecule has 1 aromatic heterocycles. The molecule has 218 valence electrons. The molecular weight excluding hydrogens is 532 g/mol. The van der Waals surface area contributed by atoms with Gasteiger partial charge in [-0.3, -0.25) is 0 Å². The number of hydrogen-bond acceptors (Lipinski definition) is 9. The zero-order valence-electron chi connectivity index (χ0n) is 24.6. The van der Waals surface area contributed by atoms with E-state index in [2.05, 4.69) is 38.2 Å². The number of anilines is 5. The maximum absolute atomic E-state index is 13.9. The van der Waals surface area contributed by atoms with Gasteiger partial charge >= 0.3 is 6.09 Å². The number of aromatic nitrogens is 2. The number of para-hydroxylation sites is 1. The molecule has 1 fully saturated rings. The fourth-order valence-electron chi connectivity index (χ4n) is 4.98. The van der Waals surface area contributed by atoms with Gasteiger partial charge in [-0.1, -0.05) is 18.2 Å². The second kappa shape index (κ2) is 12.8. The van der Waals surface area contributed by atoms with Gasteiger partial charge in [-0.2, -0.15) is 0 Å². The van der Waals surface area contributed by atoms with Crippen molar-refractivity contribution in [2.24, 2.45) is 0 Å². The number of nitrogens with one attached hydrogen (secondary N) is 1. The van der Waals surface area contributed by atoms with Crippen LogP contribution >= 0.6 is 0 Å². The summed E-state index contributed by atoms with van der Waals surface area (Å²) in [4.78, 5) is 28.4. The Hall–Kier alpha value is -4.83. The van der Waals surface area contributed by atoms with Gasteiger partial charge in [0, 0.05) is 50.2 Å². The van der Waals surface area contributed by atoms with Crippen LogP contribution in [0.15, 0.2) is 73.2 Å². The highest BCUT2D eigenvalue weighted by molar-refractivity contribution is 6.00. The Balaban J connectivity index is 1.52. The lowest BCUT2D eigenvalue weighted by Gasteiger charge is -2.34. The van der Waals surface area contributed by atoms with Crippen LogP contribution in [0.1, 0.15) is 11.1 Å². The average Bonchev–Trinajstić information content (AvgIpc) is 3.01. The van der Waals surface area contributed by atoms with Gasteiger partial charge in [-0.15, -0.1) is 0 Å². The monoisotopic (exact) mass is 568 g/mol. The Labute approximate surface area is 246 Å². The second-order valence-corrected chi connectivity index (χ2v) is 10.2. The number of carbonyl (C=O) groups is 1. The third-order valence-corrected chi connectivity index (χ3v) is 7.32. The smallest absolute Gasteiger partial charge is 0.425 e. The largest absolute Gasteiger partial charge is 0.497 e. The minimum absolute atomic E-state index is 0.359. The lowest BCUT2D eigenvalue weighted by molar-refractivity contribution is 0.209. The SMILES string of the molecule is COc1ccc(N(C(=O)Oc2c(C)cccc2C)c2ccncn2)c(Nc2ccc(N3CCN(C)CC3)c(OC)c2)c1. The minimum atomic E-state index is -0.609. The fraction of sp³-hybridized carbons (Fsp3) is 0.281. The number of carbonyl (C=O) groups excluding carboxylic acids is 1. The first-order valence-electron chi connectivity index (χ1n) is 13.8. The van der Waals surface area contributed by atoms with Crippen molar-refractivity contribution in [1.29, 1.82) is 0 Å². The van der Waals surface area contributed by atoms with Gasteiger partial charge < -0.3 is 29.3 Å². The van der Waals surface area contributed by atoms with Gasteiger partial charge in [-0.25, -0.2) is 19.7 Å². The third kappa shape index (κ3) is 6.23. The van der Waals surface area contributed by atoms with Gasteiger partial charge in [0.25, 0.3) is 0 Å². The molecule has 5 rings (SSSR count). The van der Waals surface area contributed by atoms with E-state index in [1.165, 1.54) is 11.2 Å². The molecule has 4 aromatic rings. The summed E-state index contributed by atoms with van der Waals surface area (Å²) in [6, 6.07) is 18.8. The van der Waals surface area contributed by atoms with Crippen LogP contribution < -0.4 is 29.3 Å². The van der Waals surface area contributed by atoms with Gasteiger partial charge in [0.2, 0.25) is 0 Å². The van der Waals surface area contributed by atoms with Crippen molar-refractivity contribution in [1.82, 2.24) is 14.9 Å². The number of likely N-dealkylation sites (N-methyl/N-ethyl adjacent to an activating group) is 1. The molecule has 1 aliphatic rings. The first kappa shape index (κ1) is 28.7. The van der Waals surface area contributed by atoms with E-state index in [4.69, 9.17) is 14.2 Å². The highest BCUT2D eigenvalue weighted by atomic mass is 16.6. The number of ether oxygens (including phenoxy) is 3. The van der Waals surface area contributed by atoms with Crippen LogP contribution in [0.25, 0.3) is 0 Å². The predicted octanol–water partition coefficient (Wildman–Crippen LogP) is 5.94. The van der Waals surface area contributed by atoms with E-state index in [1.807, 2.05) is 50.2 Å². The van der Waals surface area contributed by atoms with Crippen LogP contribution in [-0.4, -0.2) is 68.4 Å². The summed E-state index contributed by atoms with van der Waals surface area (Å²) in [5, 5.41) is 3.47. The number of benzene rings is 3. The summed E-state index contributed by atoms with van der Waals surface area (Å²) in [7, 11) is 5.41. The summed E-state index contributed by atoms with van der Waals surface area (Å²) in [6.45, 7) is 7.65. The molecule has 2 heterocycles. The van der Waals surface area contributed by atoms with Crippen LogP contribution in [0.2, 0.25) is 0 Å². The van der Waals surface area contributed by atoms with Gasteiger partial charge in [0.15, 0.2) is 0 Å². The van der Waals surface area contributed by atoms with E-state index >= 15 is 0 Å². The minimum Gasteiger partial charge on any atom is -0.497 e. The molecule has 0 aliphatic carbocycles. The molecule has 1 aliphatic heterocycles. The molecule has 1 N–H and O–H groups in total. The number of piperazine rings is 1. The van der Waals surface area contributed by atoms with Crippen molar-refractivity contribution in [2.45, 2.75) is 13.8 Å². The number of nitrogens with zero attached hydrogens (tertiary/aromatic N) is 5. The van der Waals surface area contributed by atoms with Crippen LogP contribution in [0.3, 0.4) is 0 Å². The lowest BCUT2D eigenvalue weighted by atomic mass is 10.1. The molecule has 0 unspecified atom stereocenters. The molecule has 10 nitrogen and oxygen atoms in total. The number of aryl methyl sites for hydroxylation is 2. The molecular formula is C32H36N6O4. The summed E-state index contributed by atoms with van der Waals surface area (Å²) in [6.07, 6.45) is 2.37. The summed E-state index contributed by atoms with van der Waals surface area (Å²) in [5.74, 6) is 2.25. The van der Waals surface area contributed by atoms with Crippen molar-refractivity contribution in [3.05, 3.63) is 84.3 Å². The van der Waals surface area contributed by atoms with Crippen LogP contribution in [0.5, 0.6) is 17.2 Å². The third-order valence-electron chi connectivity index (χ3n) is 7.32. The molecule has 0 spiro atoms. The Morgan fingerprint density at radius 2 is 1.69 bits per heavy atom. The summed E-state index contributed by atoms with van der Waals surface area (Å²) in [5.41, 5.74) is 4.67. The maximum atomic E-state index is 13.9. The molecule has 1 amide bonds. The van der Waals surface area contributed by atoms with E-state index in [9.17, 15) is 4.79 Å². The van der Waals surface area contributed by atoms with E-state index in [-0.39, 0.29) is 0 Å². The van der Waals surface area contributed by atoms with Crippen molar-refractivity contribution < 1.29 is 19.0 Å².